The summed E-state index contributed by atoms with van der Waals surface area (Å²) < 4.78 is 5.03. The molecule has 1 aromatic carbocycles. The maximum atomic E-state index is 12.4. The third-order valence-electron chi connectivity index (χ3n) is 3.45. The zero-order chi connectivity index (χ0) is 15.7. The Hall–Kier alpha value is -2.63. The van der Waals surface area contributed by atoms with Crippen LogP contribution >= 0.6 is 0 Å². The second-order valence-electron chi connectivity index (χ2n) is 4.93. The van der Waals surface area contributed by atoms with Crippen molar-refractivity contribution in [2.45, 2.75) is 27.7 Å². The number of aromatic carboxylic acids is 1. The SMILES string of the molecule is Cc1ccc(C)c(C(=O)Nc2onc(C)c2C)c1C(=O)O. The van der Waals surface area contributed by atoms with Crippen molar-refractivity contribution in [2.24, 2.45) is 0 Å². The molecule has 0 bridgehead atoms. The third-order valence-corrected chi connectivity index (χ3v) is 3.45. The zero-order valence-electron chi connectivity index (χ0n) is 12.3. The van der Waals surface area contributed by atoms with Crippen LogP contribution in [-0.2, 0) is 0 Å². The first-order valence-corrected chi connectivity index (χ1v) is 6.40. The first-order chi connectivity index (χ1) is 9.82. The van der Waals surface area contributed by atoms with Crippen molar-refractivity contribution in [3.63, 3.8) is 0 Å². The van der Waals surface area contributed by atoms with E-state index in [1.54, 1.807) is 39.8 Å². The van der Waals surface area contributed by atoms with Gasteiger partial charge in [-0.3, -0.25) is 10.1 Å². The van der Waals surface area contributed by atoms with Gasteiger partial charge in [-0.2, -0.15) is 0 Å². The van der Waals surface area contributed by atoms with Crippen LogP contribution in [0.4, 0.5) is 5.88 Å². The van der Waals surface area contributed by atoms with Crippen LogP contribution in [0.15, 0.2) is 16.7 Å². The molecule has 2 rings (SSSR count). The highest BCUT2D eigenvalue weighted by molar-refractivity contribution is 6.12. The van der Waals surface area contributed by atoms with E-state index < -0.39 is 11.9 Å². The number of hydrogen-bond acceptors (Lipinski definition) is 4. The van der Waals surface area contributed by atoms with E-state index in [1.165, 1.54) is 0 Å². The zero-order valence-corrected chi connectivity index (χ0v) is 12.3. The number of nitrogens with one attached hydrogen (secondary N) is 1. The number of aromatic nitrogens is 1. The van der Waals surface area contributed by atoms with Crippen LogP contribution in [0.1, 0.15) is 43.1 Å². The summed E-state index contributed by atoms with van der Waals surface area (Å²) in [5.74, 6) is -1.42. The van der Waals surface area contributed by atoms with Gasteiger partial charge in [0.15, 0.2) is 0 Å². The first kappa shape index (κ1) is 14.8. The Morgan fingerprint density at radius 1 is 1.10 bits per heavy atom. The van der Waals surface area contributed by atoms with Gasteiger partial charge < -0.3 is 9.63 Å². The Bertz CT molecular complexity index is 732. The molecule has 0 saturated heterocycles. The van der Waals surface area contributed by atoms with Gasteiger partial charge in [-0.25, -0.2) is 4.79 Å². The highest BCUT2D eigenvalue weighted by Crippen LogP contribution is 2.23. The Labute approximate surface area is 121 Å². The van der Waals surface area contributed by atoms with E-state index >= 15 is 0 Å². The lowest BCUT2D eigenvalue weighted by molar-refractivity contribution is 0.0691. The van der Waals surface area contributed by atoms with Crippen LogP contribution in [0, 0.1) is 27.7 Å². The lowest BCUT2D eigenvalue weighted by atomic mass is 9.96. The van der Waals surface area contributed by atoms with Gasteiger partial charge in [0, 0.05) is 5.56 Å². The van der Waals surface area contributed by atoms with E-state index in [0.29, 0.717) is 22.4 Å². The van der Waals surface area contributed by atoms with E-state index in [4.69, 9.17) is 4.52 Å². The fourth-order valence-electron chi connectivity index (χ4n) is 2.08. The summed E-state index contributed by atoms with van der Waals surface area (Å²) in [7, 11) is 0. The number of carboxylic acid groups (broad SMARTS) is 1. The Morgan fingerprint density at radius 3 is 2.14 bits per heavy atom. The summed E-state index contributed by atoms with van der Waals surface area (Å²) in [6.45, 7) is 6.88. The third kappa shape index (κ3) is 2.65. The molecule has 0 saturated carbocycles. The average Bonchev–Trinajstić information content (AvgIpc) is 2.72. The Balaban J connectivity index is 2.46. The molecule has 0 unspecified atom stereocenters. The van der Waals surface area contributed by atoms with E-state index in [1.807, 2.05) is 0 Å². The maximum Gasteiger partial charge on any atom is 0.336 e. The van der Waals surface area contributed by atoms with Crippen molar-refractivity contribution in [1.82, 2.24) is 5.16 Å². The predicted octanol–water partition coefficient (Wildman–Crippen LogP) is 2.86. The van der Waals surface area contributed by atoms with Crippen LogP contribution in [0.5, 0.6) is 0 Å². The van der Waals surface area contributed by atoms with Crippen molar-refractivity contribution in [2.75, 3.05) is 5.32 Å². The number of carbonyl (C=O) groups excluding carboxylic acids is 1. The van der Waals surface area contributed by atoms with Gasteiger partial charge in [-0.15, -0.1) is 0 Å². The van der Waals surface area contributed by atoms with Crippen molar-refractivity contribution in [3.8, 4) is 0 Å². The van der Waals surface area contributed by atoms with Gasteiger partial charge in [0.2, 0.25) is 5.88 Å². The van der Waals surface area contributed by atoms with E-state index in [-0.39, 0.29) is 17.0 Å². The largest absolute Gasteiger partial charge is 0.478 e. The number of benzene rings is 1. The predicted molar refractivity (Wildman–Crippen MR) is 76.8 cm³/mol. The van der Waals surface area contributed by atoms with E-state index in [9.17, 15) is 14.7 Å². The smallest absolute Gasteiger partial charge is 0.336 e. The van der Waals surface area contributed by atoms with Gasteiger partial charge in [0.1, 0.15) is 0 Å². The summed E-state index contributed by atoms with van der Waals surface area (Å²) in [6, 6.07) is 3.40. The van der Waals surface area contributed by atoms with Crippen molar-refractivity contribution in [1.29, 1.82) is 0 Å². The summed E-state index contributed by atoms with van der Waals surface area (Å²) in [5.41, 5.74) is 2.64. The molecule has 0 spiro atoms. The molecule has 1 heterocycles. The molecule has 2 N–H and O–H groups in total. The number of carboxylic acids is 1. The van der Waals surface area contributed by atoms with Gasteiger partial charge in [0.25, 0.3) is 5.91 Å². The minimum absolute atomic E-state index is 0.00129. The molecular formula is C15H16N2O4. The highest BCUT2D eigenvalue weighted by Gasteiger charge is 2.23. The number of carbonyl (C=O) groups is 2. The quantitative estimate of drug-likeness (QED) is 0.906. The van der Waals surface area contributed by atoms with Gasteiger partial charge in [-0.05, 0) is 38.8 Å². The summed E-state index contributed by atoms with van der Waals surface area (Å²) in [6.07, 6.45) is 0. The summed E-state index contributed by atoms with van der Waals surface area (Å²) >= 11 is 0. The molecule has 110 valence electrons. The number of rotatable bonds is 3. The first-order valence-electron chi connectivity index (χ1n) is 6.40. The second kappa shape index (κ2) is 5.40. The molecule has 21 heavy (non-hydrogen) atoms. The van der Waals surface area contributed by atoms with Crippen molar-refractivity contribution < 1.29 is 19.2 Å². The second-order valence-corrected chi connectivity index (χ2v) is 4.93. The van der Waals surface area contributed by atoms with Crippen molar-refractivity contribution in [3.05, 3.63) is 45.6 Å². The molecule has 0 atom stereocenters. The van der Waals surface area contributed by atoms with Gasteiger partial charge in [-0.1, -0.05) is 17.3 Å². The molecule has 0 aliphatic heterocycles. The van der Waals surface area contributed by atoms with Crippen LogP contribution in [0.3, 0.4) is 0 Å². The van der Waals surface area contributed by atoms with Crippen molar-refractivity contribution >= 4 is 17.8 Å². The Morgan fingerprint density at radius 2 is 1.67 bits per heavy atom. The van der Waals surface area contributed by atoms with Crippen LogP contribution in [0.2, 0.25) is 0 Å². The Kier molecular flexibility index (Phi) is 3.80. The molecule has 1 amide bonds. The van der Waals surface area contributed by atoms with Crippen LogP contribution in [0.25, 0.3) is 0 Å². The van der Waals surface area contributed by atoms with Gasteiger partial charge >= 0.3 is 5.97 Å². The van der Waals surface area contributed by atoms with Gasteiger partial charge in [0.05, 0.1) is 16.8 Å². The normalized spacial score (nSPS) is 10.5. The fraction of sp³-hybridized carbons (Fsp3) is 0.267. The fourth-order valence-corrected chi connectivity index (χ4v) is 2.08. The summed E-state index contributed by atoms with van der Waals surface area (Å²) in [5, 5.41) is 15.7. The molecule has 0 aliphatic carbocycles. The lowest BCUT2D eigenvalue weighted by Crippen LogP contribution is -2.19. The molecular weight excluding hydrogens is 272 g/mol. The number of nitrogens with zero attached hydrogens (tertiary/aromatic N) is 1. The molecule has 2 aromatic rings. The summed E-state index contributed by atoms with van der Waals surface area (Å²) in [4.78, 5) is 23.8. The van der Waals surface area contributed by atoms with E-state index in [2.05, 4.69) is 10.5 Å². The molecule has 1 aromatic heterocycles. The number of anilines is 1. The number of hydrogen-bond donors (Lipinski definition) is 2. The van der Waals surface area contributed by atoms with E-state index in [0.717, 1.165) is 0 Å². The minimum Gasteiger partial charge on any atom is -0.478 e. The average molecular weight is 288 g/mol. The highest BCUT2D eigenvalue weighted by atomic mass is 16.5. The number of aryl methyl sites for hydroxylation is 3. The molecule has 6 heteroatoms. The topological polar surface area (TPSA) is 92.4 Å². The van der Waals surface area contributed by atoms with Crippen LogP contribution in [-0.4, -0.2) is 22.1 Å². The minimum atomic E-state index is -1.13. The molecule has 0 fully saturated rings. The maximum absolute atomic E-state index is 12.4. The molecule has 0 aliphatic rings. The standard InChI is InChI=1S/C15H16N2O4/c1-7-5-6-8(2)12(15(19)20)11(7)13(18)16-14-9(3)10(4)17-21-14/h5-6H,1-4H3,(H,16,18)(H,19,20). The van der Waals surface area contributed by atoms with Crippen LogP contribution < -0.4 is 5.32 Å². The number of amides is 1. The molecule has 6 nitrogen and oxygen atoms in total. The lowest BCUT2D eigenvalue weighted by Gasteiger charge is -2.11. The monoisotopic (exact) mass is 288 g/mol. The molecule has 0 radical (unpaired) electrons.